The van der Waals surface area contributed by atoms with Gasteiger partial charge in [-0.1, -0.05) is 13.0 Å². The molecule has 1 atom stereocenters. The standard InChI is InChI=1S/C18H23NO3/c1-14-4-2-9-19(13-14)18(20)8-6-15-5-7-16-17(12-15)22-11-3-10-21-16/h5-8,12,14H,2-4,9-11,13H2,1H3. The molecule has 118 valence electrons. The number of likely N-dealkylation sites (tertiary alicyclic amines) is 1. The first kappa shape index (κ1) is 14.9. The third-order valence-electron chi connectivity index (χ3n) is 4.16. The Balaban J connectivity index is 1.67. The minimum absolute atomic E-state index is 0.0960. The number of ether oxygens (including phenoxy) is 2. The molecule has 0 saturated carbocycles. The van der Waals surface area contributed by atoms with Crippen LogP contribution in [0.5, 0.6) is 11.5 Å². The van der Waals surface area contributed by atoms with E-state index in [2.05, 4.69) is 6.92 Å². The highest BCUT2D eigenvalue weighted by molar-refractivity contribution is 5.91. The first-order valence-corrected chi connectivity index (χ1v) is 8.09. The van der Waals surface area contributed by atoms with E-state index in [9.17, 15) is 4.79 Å². The summed E-state index contributed by atoms with van der Waals surface area (Å²) in [6.07, 6.45) is 6.74. The Morgan fingerprint density at radius 3 is 2.86 bits per heavy atom. The van der Waals surface area contributed by atoms with Gasteiger partial charge in [-0.15, -0.1) is 0 Å². The summed E-state index contributed by atoms with van der Waals surface area (Å²) in [5.74, 6) is 2.24. The molecule has 0 N–H and O–H groups in total. The molecule has 2 aliphatic heterocycles. The number of amides is 1. The third-order valence-corrected chi connectivity index (χ3v) is 4.16. The summed E-state index contributed by atoms with van der Waals surface area (Å²) >= 11 is 0. The molecule has 0 aliphatic carbocycles. The molecule has 2 aliphatic rings. The van der Waals surface area contributed by atoms with E-state index in [1.807, 2.05) is 29.2 Å². The van der Waals surface area contributed by atoms with Crippen molar-refractivity contribution in [3.8, 4) is 11.5 Å². The first-order valence-electron chi connectivity index (χ1n) is 8.09. The molecule has 4 nitrogen and oxygen atoms in total. The number of piperidine rings is 1. The number of carbonyl (C=O) groups is 1. The number of benzene rings is 1. The maximum absolute atomic E-state index is 12.2. The molecule has 22 heavy (non-hydrogen) atoms. The molecule has 1 aromatic rings. The average molecular weight is 301 g/mol. The maximum atomic E-state index is 12.2. The topological polar surface area (TPSA) is 38.8 Å². The lowest BCUT2D eigenvalue weighted by Gasteiger charge is -2.30. The number of carbonyl (C=O) groups excluding carboxylic acids is 1. The molecule has 1 unspecified atom stereocenters. The predicted octanol–water partition coefficient (Wildman–Crippen LogP) is 3.12. The number of nitrogens with zero attached hydrogens (tertiary/aromatic N) is 1. The average Bonchev–Trinajstić information content (AvgIpc) is 2.77. The van der Waals surface area contributed by atoms with E-state index in [1.54, 1.807) is 6.08 Å². The molecule has 0 bridgehead atoms. The lowest BCUT2D eigenvalue weighted by Crippen LogP contribution is -2.38. The molecule has 1 fully saturated rings. The van der Waals surface area contributed by atoms with Crippen LogP contribution in [0.4, 0.5) is 0 Å². The zero-order valence-corrected chi connectivity index (χ0v) is 13.1. The number of hydrogen-bond acceptors (Lipinski definition) is 3. The van der Waals surface area contributed by atoms with Gasteiger partial charge >= 0.3 is 0 Å². The van der Waals surface area contributed by atoms with Crippen LogP contribution in [0.25, 0.3) is 6.08 Å². The summed E-state index contributed by atoms with van der Waals surface area (Å²) in [4.78, 5) is 14.2. The Labute approximate surface area is 131 Å². The third kappa shape index (κ3) is 3.62. The van der Waals surface area contributed by atoms with Gasteiger partial charge in [-0.2, -0.15) is 0 Å². The van der Waals surface area contributed by atoms with E-state index in [-0.39, 0.29) is 5.91 Å². The molecule has 1 aromatic carbocycles. The Morgan fingerprint density at radius 2 is 2.05 bits per heavy atom. The second kappa shape index (κ2) is 6.86. The summed E-state index contributed by atoms with van der Waals surface area (Å²) in [5.41, 5.74) is 0.961. The van der Waals surface area contributed by atoms with Crippen LogP contribution in [-0.4, -0.2) is 37.1 Å². The van der Waals surface area contributed by atoms with Gasteiger partial charge in [-0.3, -0.25) is 4.79 Å². The van der Waals surface area contributed by atoms with Crippen molar-refractivity contribution in [2.75, 3.05) is 26.3 Å². The van der Waals surface area contributed by atoms with Crippen molar-refractivity contribution >= 4 is 12.0 Å². The monoisotopic (exact) mass is 301 g/mol. The molecular weight excluding hydrogens is 278 g/mol. The van der Waals surface area contributed by atoms with Gasteiger partial charge in [0.25, 0.3) is 0 Å². The Morgan fingerprint density at radius 1 is 1.23 bits per heavy atom. The molecule has 1 amide bonds. The van der Waals surface area contributed by atoms with Gasteiger partial charge in [0.1, 0.15) is 0 Å². The van der Waals surface area contributed by atoms with Crippen LogP contribution in [0.15, 0.2) is 24.3 Å². The molecule has 0 aromatic heterocycles. The zero-order chi connectivity index (χ0) is 15.4. The highest BCUT2D eigenvalue weighted by Crippen LogP contribution is 2.30. The van der Waals surface area contributed by atoms with E-state index in [1.165, 1.54) is 6.42 Å². The van der Waals surface area contributed by atoms with Crippen LogP contribution < -0.4 is 9.47 Å². The highest BCUT2D eigenvalue weighted by Gasteiger charge is 2.19. The van der Waals surface area contributed by atoms with Gasteiger partial charge < -0.3 is 14.4 Å². The normalized spacial score (nSPS) is 21.7. The second-order valence-corrected chi connectivity index (χ2v) is 6.12. The fourth-order valence-corrected chi connectivity index (χ4v) is 2.95. The SMILES string of the molecule is CC1CCCN(C(=O)C=Cc2ccc3c(c2)OCCCO3)C1. The Bertz CT molecular complexity index is 567. The van der Waals surface area contributed by atoms with Crippen molar-refractivity contribution in [2.45, 2.75) is 26.2 Å². The predicted molar refractivity (Wildman–Crippen MR) is 86.1 cm³/mol. The van der Waals surface area contributed by atoms with Gasteiger partial charge in [-0.25, -0.2) is 0 Å². The van der Waals surface area contributed by atoms with E-state index in [0.29, 0.717) is 19.1 Å². The van der Waals surface area contributed by atoms with Crippen LogP contribution in [0.2, 0.25) is 0 Å². The van der Waals surface area contributed by atoms with Crippen molar-refractivity contribution in [3.63, 3.8) is 0 Å². The van der Waals surface area contributed by atoms with Gasteiger partial charge in [0.2, 0.25) is 5.91 Å². The lowest BCUT2D eigenvalue weighted by molar-refractivity contribution is -0.127. The van der Waals surface area contributed by atoms with Crippen LogP contribution in [0.1, 0.15) is 31.7 Å². The molecular formula is C18H23NO3. The fraction of sp³-hybridized carbons (Fsp3) is 0.500. The van der Waals surface area contributed by atoms with E-state index >= 15 is 0 Å². The maximum Gasteiger partial charge on any atom is 0.246 e. The molecule has 2 heterocycles. The second-order valence-electron chi connectivity index (χ2n) is 6.12. The minimum atomic E-state index is 0.0960. The van der Waals surface area contributed by atoms with Crippen molar-refractivity contribution in [1.29, 1.82) is 0 Å². The molecule has 1 saturated heterocycles. The van der Waals surface area contributed by atoms with Gasteiger partial charge in [0, 0.05) is 25.6 Å². The largest absolute Gasteiger partial charge is 0.490 e. The number of fused-ring (bicyclic) bond motifs is 1. The smallest absolute Gasteiger partial charge is 0.246 e. The molecule has 4 heteroatoms. The zero-order valence-electron chi connectivity index (χ0n) is 13.1. The summed E-state index contributed by atoms with van der Waals surface area (Å²) in [7, 11) is 0. The summed E-state index contributed by atoms with van der Waals surface area (Å²) < 4.78 is 11.3. The van der Waals surface area contributed by atoms with Crippen molar-refractivity contribution in [3.05, 3.63) is 29.8 Å². The van der Waals surface area contributed by atoms with E-state index < -0.39 is 0 Å². The quantitative estimate of drug-likeness (QED) is 0.788. The molecule has 3 rings (SSSR count). The minimum Gasteiger partial charge on any atom is -0.490 e. The van der Waals surface area contributed by atoms with Crippen molar-refractivity contribution in [1.82, 2.24) is 4.90 Å². The van der Waals surface area contributed by atoms with Gasteiger partial charge in [0.05, 0.1) is 13.2 Å². The highest BCUT2D eigenvalue weighted by atomic mass is 16.5. The van der Waals surface area contributed by atoms with Gasteiger partial charge in [0.15, 0.2) is 11.5 Å². The van der Waals surface area contributed by atoms with E-state index in [4.69, 9.17) is 9.47 Å². The fourth-order valence-electron chi connectivity index (χ4n) is 2.95. The van der Waals surface area contributed by atoms with Gasteiger partial charge in [-0.05, 0) is 42.5 Å². The van der Waals surface area contributed by atoms with Crippen LogP contribution in [0, 0.1) is 5.92 Å². The summed E-state index contributed by atoms with van der Waals surface area (Å²) in [5, 5.41) is 0. The van der Waals surface area contributed by atoms with Crippen molar-refractivity contribution in [2.24, 2.45) is 5.92 Å². The molecule has 0 spiro atoms. The first-order chi connectivity index (χ1) is 10.7. The molecule has 0 radical (unpaired) electrons. The summed E-state index contributed by atoms with van der Waals surface area (Å²) in [6.45, 7) is 5.30. The number of rotatable bonds is 2. The number of hydrogen-bond donors (Lipinski definition) is 0. The summed E-state index contributed by atoms with van der Waals surface area (Å²) in [6, 6.07) is 5.80. The Kier molecular flexibility index (Phi) is 4.66. The van der Waals surface area contributed by atoms with Crippen LogP contribution in [-0.2, 0) is 4.79 Å². The van der Waals surface area contributed by atoms with Crippen LogP contribution in [0.3, 0.4) is 0 Å². The van der Waals surface area contributed by atoms with E-state index in [0.717, 1.165) is 43.0 Å². The van der Waals surface area contributed by atoms with Crippen molar-refractivity contribution < 1.29 is 14.3 Å². The lowest BCUT2D eigenvalue weighted by atomic mass is 10.0. The Hall–Kier alpha value is -1.97. The van der Waals surface area contributed by atoms with Crippen LogP contribution >= 0.6 is 0 Å².